The molecule has 1 saturated heterocycles. The number of anilines is 1. The molecule has 3 rings (SSSR count). The number of ether oxygens (including phenoxy) is 2. The summed E-state index contributed by atoms with van der Waals surface area (Å²) in [6, 6.07) is 6.96. The lowest BCUT2D eigenvalue weighted by molar-refractivity contribution is 0.0679. The number of benzene rings is 1. The molecule has 2 heterocycles. The maximum Gasteiger partial charge on any atom is 0.258 e. The highest BCUT2D eigenvalue weighted by Crippen LogP contribution is 2.17. The largest absolute Gasteiger partial charge is 0.491 e. The van der Waals surface area contributed by atoms with Crippen molar-refractivity contribution in [2.24, 2.45) is 0 Å². The second-order valence-electron chi connectivity index (χ2n) is 5.17. The van der Waals surface area contributed by atoms with Gasteiger partial charge in [-0.1, -0.05) is 0 Å². The molecule has 2 N–H and O–H groups in total. The third-order valence-electron chi connectivity index (χ3n) is 3.40. The highest BCUT2D eigenvalue weighted by Gasteiger charge is 2.16. The average Bonchev–Trinajstić information content (AvgIpc) is 3.17. The third-order valence-corrected chi connectivity index (χ3v) is 3.40. The summed E-state index contributed by atoms with van der Waals surface area (Å²) < 4.78 is 11.2. The van der Waals surface area contributed by atoms with Crippen molar-refractivity contribution in [2.45, 2.75) is 25.9 Å². The van der Waals surface area contributed by atoms with E-state index in [9.17, 15) is 4.79 Å². The van der Waals surface area contributed by atoms with Gasteiger partial charge in [0, 0.05) is 12.2 Å². The van der Waals surface area contributed by atoms with Crippen LogP contribution in [0.5, 0.6) is 5.75 Å². The second-order valence-corrected chi connectivity index (χ2v) is 5.17. The van der Waals surface area contributed by atoms with E-state index >= 15 is 0 Å². The van der Waals surface area contributed by atoms with Crippen LogP contribution in [0.4, 0.5) is 5.95 Å². The second kappa shape index (κ2) is 6.57. The van der Waals surface area contributed by atoms with Crippen molar-refractivity contribution in [3.63, 3.8) is 0 Å². The third kappa shape index (κ3) is 3.62. The zero-order valence-electron chi connectivity index (χ0n) is 12.3. The molecule has 0 aliphatic carbocycles. The lowest BCUT2D eigenvalue weighted by Crippen LogP contribution is -2.16. The number of nitrogens with zero attached hydrogens (tertiary/aromatic N) is 2. The first-order valence-corrected chi connectivity index (χ1v) is 7.25. The fourth-order valence-electron chi connectivity index (χ4n) is 2.24. The molecule has 7 heteroatoms. The molecular weight excluding hydrogens is 284 g/mol. The number of amides is 1. The number of carbonyl (C=O) groups is 1. The lowest BCUT2D eigenvalue weighted by Gasteiger charge is -2.11. The Morgan fingerprint density at radius 1 is 1.45 bits per heavy atom. The number of rotatable bonds is 5. The minimum absolute atomic E-state index is 0.178. The highest BCUT2D eigenvalue weighted by atomic mass is 16.5. The van der Waals surface area contributed by atoms with E-state index < -0.39 is 0 Å². The first-order chi connectivity index (χ1) is 10.7. The normalized spacial score (nSPS) is 17.4. The van der Waals surface area contributed by atoms with Gasteiger partial charge in [0.15, 0.2) is 0 Å². The van der Waals surface area contributed by atoms with E-state index in [1.807, 2.05) is 0 Å². The van der Waals surface area contributed by atoms with Crippen LogP contribution in [-0.2, 0) is 4.74 Å². The van der Waals surface area contributed by atoms with Gasteiger partial charge in [0.2, 0.25) is 5.95 Å². The molecule has 0 radical (unpaired) electrons. The molecule has 1 aliphatic heterocycles. The topological polar surface area (TPSA) is 89.1 Å². The average molecular weight is 302 g/mol. The van der Waals surface area contributed by atoms with Gasteiger partial charge in [-0.25, -0.2) is 0 Å². The van der Waals surface area contributed by atoms with Crippen molar-refractivity contribution in [1.29, 1.82) is 0 Å². The molecule has 1 aromatic heterocycles. The minimum Gasteiger partial charge on any atom is -0.491 e. The summed E-state index contributed by atoms with van der Waals surface area (Å²) in [5.74, 6) is 1.37. The number of hydrogen-bond donors (Lipinski definition) is 2. The fourth-order valence-corrected chi connectivity index (χ4v) is 2.24. The number of aromatic amines is 1. The Morgan fingerprint density at radius 2 is 2.27 bits per heavy atom. The Labute approximate surface area is 128 Å². The van der Waals surface area contributed by atoms with Crippen molar-refractivity contribution in [3.05, 3.63) is 35.7 Å². The molecule has 0 unspecified atom stereocenters. The molecule has 116 valence electrons. The maximum absolute atomic E-state index is 12.0. The van der Waals surface area contributed by atoms with Gasteiger partial charge in [-0.05, 0) is 44.0 Å². The van der Waals surface area contributed by atoms with Crippen LogP contribution in [-0.4, -0.2) is 40.4 Å². The molecule has 0 bridgehead atoms. The smallest absolute Gasteiger partial charge is 0.258 e. The zero-order chi connectivity index (χ0) is 15.4. The highest BCUT2D eigenvalue weighted by molar-refractivity contribution is 6.03. The van der Waals surface area contributed by atoms with Gasteiger partial charge >= 0.3 is 0 Å². The Morgan fingerprint density at radius 3 is 2.91 bits per heavy atom. The number of nitrogens with one attached hydrogen (secondary N) is 2. The van der Waals surface area contributed by atoms with Gasteiger partial charge in [-0.15, -0.1) is 5.10 Å². The van der Waals surface area contributed by atoms with Gasteiger partial charge in [0.1, 0.15) is 18.2 Å². The standard InChI is InChI=1S/C15H18N4O3/c1-10-16-15(19-18-10)17-14(20)11-4-6-12(7-5-11)22-9-13-3-2-8-21-13/h4-7,13H,2-3,8-9H2,1H3,(H2,16,17,18,19,20)/t13-/m1/s1. The van der Waals surface area contributed by atoms with E-state index in [0.717, 1.165) is 25.2 Å². The minimum atomic E-state index is -0.260. The van der Waals surface area contributed by atoms with Crippen molar-refractivity contribution in [2.75, 3.05) is 18.5 Å². The monoisotopic (exact) mass is 302 g/mol. The summed E-state index contributed by atoms with van der Waals surface area (Å²) in [6.07, 6.45) is 2.31. The Balaban J connectivity index is 1.54. The number of aromatic nitrogens is 3. The first-order valence-electron chi connectivity index (χ1n) is 7.25. The SMILES string of the molecule is Cc1nc(NC(=O)c2ccc(OC[C@H]3CCCO3)cc2)n[nH]1. The van der Waals surface area contributed by atoms with Crippen LogP contribution in [0.15, 0.2) is 24.3 Å². The van der Waals surface area contributed by atoms with Gasteiger partial charge in [0.25, 0.3) is 5.91 Å². The predicted octanol–water partition coefficient (Wildman–Crippen LogP) is 1.92. The molecule has 2 aromatic rings. The zero-order valence-corrected chi connectivity index (χ0v) is 12.3. The van der Waals surface area contributed by atoms with Crippen LogP contribution < -0.4 is 10.1 Å². The first kappa shape index (κ1) is 14.5. The van der Waals surface area contributed by atoms with E-state index in [0.29, 0.717) is 18.0 Å². The van der Waals surface area contributed by atoms with Crippen LogP contribution >= 0.6 is 0 Å². The van der Waals surface area contributed by atoms with Crippen LogP contribution in [0.1, 0.15) is 29.0 Å². The summed E-state index contributed by atoms with van der Waals surface area (Å²) in [7, 11) is 0. The molecule has 1 aromatic carbocycles. The van der Waals surface area contributed by atoms with E-state index in [1.165, 1.54) is 0 Å². The summed E-state index contributed by atoms with van der Waals surface area (Å²) in [5, 5.41) is 9.16. The lowest BCUT2D eigenvalue weighted by atomic mass is 10.2. The Hall–Kier alpha value is -2.41. The van der Waals surface area contributed by atoms with Crippen molar-refractivity contribution in [1.82, 2.24) is 15.2 Å². The molecular formula is C15H18N4O3. The molecule has 22 heavy (non-hydrogen) atoms. The number of H-pyrrole nitrogens is 1. The number of hydrogen-bond acceptors (Lipinski definition) is 5. The molecule has 0 saturated carbocycles. The molecule has 1 amide bonds. The van der Waals surface area contributed by atoms with Crippen LogP contribution in [0.3, 0.4) is 0 Å². The predicted molar refractivity (Wildman–Crippen MR) is 80.0 cm³/mol. The summed E-state index contributed by atoms with van der Waals surface area (Å²) in [4.78, 5) is 16.1. The van der Waals surface area contributed by atoms with Crippen molar-refractivity contribution in [3.8, 4) is 5.75 Å². The fraction of sp³-hybridized carbons (Fsp3) is 0.400. The van der Waals surface area contributed by atoms with E-state index in [2.05, 4.69) is 20.5 Å². The number of aryl methyl sites for hydroxylation is 1. The summed E-state index contributed by atoms with van der Waals surface area (Å²) in [6.45, 7) is 3.12. The van der Waals surface area contributed by atoms with Gasteiger partial charge in [0.05, 0.1) is 6.10 Å². The van der Waals surface area contributed by atoms with E-state index in [4.69, 9.17) is 9.47 Å². The number of carbonyl (C=O) groups excluding carboxylic acids is 1. The summed E-state index contributed by atoms with van der Waals surface area (Å²) in [5.41, 5.74) is 0.520. The Kier molecular flexibility index (Phi) is 4.34. The van der Waals surface area contributed by atoms with Crippen LogP contribution in [0, 0.1) is 6.92 Å². The molecule has 1 fully saturated rings. The maximum atomic E-state index is 12.0. The van der Waals surface area contributed by atoms with Gasteiger partial charge < -0.3 is 9.47 Å². The quantitative estimate of drug-likeness (QED) is 0.881. The van der Waals surface area contributed by atoms with Crippen LogP contribution in [0.25, 0.3) is 0 Å². The summed E-state index contributed by atoms with van der Waals surface area (Å²) >= 11 is 0. The molecule has 0 spiro atoms. The van der Waals surface area contributed by atoms with E-state index in [-0.39, 0.29) is 18.0 Å². The molecule has 7 nitrogen and oxygen atoms in total. The van der Waals surface area contributed by atoms with Crippen LogP contribution in [0.2, 0.25) is 0 Å². The van der Waals surface area contributed by atoms with Gasteiger partial charge in [-0.2, -0.15) is 4.98 Å². The molecule has 1 aliphatic rings. The van der Waals surface area contributed by atoms with E-state index in [1.54, 1.807) is 31.2 Å². The van der Waals surface area contributed by atoms with Gasteiger partial charge in [-0.3, -0.25) is 15.2 Å². The Bertz CT molecular complexity index is 632. The van der Waals surface area contributed by atoms with Crippen molar-refractivity contribution < 1.29 is 14.3 Å². The molecule has 1 atom stereocenters. The van der Waals surface area contributed by atoms with Crippen molar-refractivity contribution >= 4 is 11.9 Å².